The molecule has 114 valence electrons. The summed E-state index contributed by atoms with van der Waals surface area (Å²) in [6.07, 6.45) is 2.35. The molecule has 3 N–H and O–H groups in total. The van der Waals surface area contributed by atoms with Crippen LogP contribution in [0.1, 0.15) is 26.2 Å². The van der Waals surface area contributed by atoms with Gasteiger partial charge in [-0.25, -0.2) is 4.79 Å². The van der Waals surface area contributed by atoms with Crippen molar-refractivity contribution in [1.29, 1.82) is 0 Å². The maximum atomic E-state index is 11.7. The quantitative estimate of drug-likeness (QED) is 0.675. The van der Waals surface area contributed by atoms with E-state index in [1.807, 2.05) is 0 Å². The number of amides is 3. The van der Waals surface area contributed by atoms with Crippen molar-refractivity contribution >= 4 is 17.9 Å². The molecule has 0 aliphatic heterocycles. The van der Waals surface area contributed by atoms with Crippen LogP contribution in [0.25, 0.3) is 0 Å². The monoisotopic (exact) mass is 285 g/mol. The van der Waals surface area contributed by atoms with Crippen molar-refractivity contribution in [3.8, 4) is 0 Å². The molecule has 3 atom stereocenters. The summed E-state index contributed by atoms with van der Waals surface area (Å²) in [7, 11) is 3.24. The van der Waals surface area contributed by atoms with Crippen molar-refractivity contribution in [3.63, 3.8) is 0 Å². The van der Waals surface area contributed by atoms with Crippen LogP contribution < -0.4 is 10.6 Å². The molecule has 0 aromatic heterocycles. The van der Waals surface area contributed by atoms with Gasteiger partial charge in [0, 0.05) is 20.6 Å². The molecule has 0 aromatic rings. The van der Waals surface area contributed by atoms with E-state index >= 15 is 0 Å². The Bertz CT molecular complexity index is 384. The summed E-state index contributed by atoms with van der Waals surface area (Å²) < 4.78 is 0. The van der Waals surface area contributed by atoms with Crippen LogP contribution in [0.2, 0.25) is 0 Å². The lowest BCUT2D eigenvalue weighted by Crippen LogP contribution is -2.49. The van der Waals surface area contributed by atoms with E-state index in [0.717, 1.165) is 12.8 Å². The van der Waals surface area contributed by atoms with E-state index in [4.69, 9.17) is 5.11 Å². The fourth-order valence-corrected chi connectivity index (χ4v) is 2.53. The highest BCUT2D eigenvalue weighted by molar-refractivity contribution is 5.86. The molecule has 1 rings (SSSR count). The summed E-state index contributed by atoms with van der Waals surface area (Å²) in [5.74, 6) is -1.40. The lowest BCUT2D eigenvalue weighted by Gasteiger charge is -2.20. The number of carboxylic acids is 1. The number of nitrogens with one attached hydrogen (secondary N) is 2. The third-order valence-electron chi connectivity index (χ3n) is 3.66. The molecule has 7 nitrogen and oxygen atoms in total. The highest BCUT2D eigenvalue weighted by Crippen LogP contribution is 2.31. The number of urea groups is 1. The molecular formula is C13H23N3O4. The SMILES string of the molecule is CC(NC(=O)NCC1CCCC1C(=O)O)C(=O)N(C)C. The van der Waals surface area contributed by atoms with E-state index in [9.17, 15) is 14.4 Å². The highest BCUT2D eigenvalue weighted by Gasteiger charge is 2.33. The first-order valence-electron chi connectivity index (χ1n) is 6.81. The molecule has 0 heterocycles. The minimum absolute atomic E-state index is 0.0295. The van der Waals surface area contributed by atoms with Gasteiger partial charge in [-0.1, -0.05) is 6.42 Å². The average Bonchev–Trinajstić information content (AvgIpc) is 2.83. The van der Waals surface area contributed by atoms with Crippen molar-refractivity contribution in [3.05, 3.63) is 0 Å². The number of hydrogen-bond donors (Lipinski definition) is 3. The van der Waals surface area contributed by atoms with E-state index in [-0.39, 0.29) is 17.7 Å². The lowest BCUT2D eigenvalue weighted by molar-refractivity contribution is -0.142. The van der Waals surface area contributed by atoms with Crippen LogP contribution in [0.15, 0.2) is 0 Å². The van der Waals surface area contributed by atoms with Crippen molar-refractivity contribution < 1.29 is 19.5 Å². The van der Waals surface area contributed by atoms with Gasteiger partial charge >= 0.3 is 12.0 Å². The Kier molecular flexibility index (Phi) is 5.79. The van der Waals surface area contributed by atoms with Gasteiger partial charge < -0.3 is 20.6 Å². The molecule has 0 spiro atoms. The van der Waals surface area contributed by atoms with E-state index in [0.29, 0.717) is 13.0 Å². The predicted octanol–water partition coefficient (Wildman–Crippen LogP) is 0.263. The van der Waals surface area contributed by atoms with Crippen LogP contribution in [-0.2, 0) is 9.59 Å². The van der Waals surface area contributed by atoms with Gasteiger partial charge in [-0.05, 0) is 25.7 Å². The summed E-state index contributed by atoms with van der Waals surface area (Å²) in [5, 5.41) is 14.2. The largest absolute Gasteiger partial charge is 0.481 e. The van der Waals surface area contributed by atoms with Crippen molar-refractivity contribution in [2.24, 2.45) is 11.8 Å². The van der Waals surface area contributed by atoms with Crippen LogP contribution in [0.3, 0.4) is 0 Å². The second-order valence-electron chi connectivity index (χ2n) is 5.44. The van der Waals surface area contributed by atoms with Crippen LogP contribution in [0, 0.1) is 11.8 Å². The average molecular weight is 285 g/mol. The molecule has 1 saturated carbocycles. The van der Waals surface area contributed by atoms with E-state index in [2.05, 4.69) is 10.6 Å². The predicted molar refractivity (Wildman–Crippen MR) is 73.2 cm³/mol. The third kappa shape index (κ3) is 4.40. The highest BCUT2D eigenvalue weighted by atomic mass is 16.4. The number of rotatable bonds is 5. The van der Waals surface area contributed by atoms with Gasteiger partial charge in [-0.2, -0.15) is 0 Å². The van der Waals surface area contributed by atoms with Gasteiger partial charge in [0.2, 0.25) is 5.91 Å². The molecular weight excluding hydrogens is 262 g/mol. The smallest absolute Gasteiger partial charge is 0.315 e. The Hall–Kier alpha value is -1.79. The molecule has 7 heteroatoms. The number of carbonyl (C=O) groups is 3. The molecule has 3 unspecified atom stereocenters. The number of nitrogens with zero attached hydrogens (tertiary/aromatic N) is 1. The van der Waals surface area contributed by atoms with Crippen LogP contribution >= 0.6 is 0 Å². The second-order valence-corrected chi connectivity index (χ2v) is 5.44. The van der Waals surface area contributed by atoms with Gasteiger partial charge in [-0.15, -0.1) is 0 Å². The van der Waals surface area contributed by atoms with Gasteiger partial charge in [0.1, 0.15) is 6.04 Å². The Morgan fingerprint density at radius 3 is 2.50 bits per heavy atom. The molecule has 1 aliphatic carbocycles. The maximum Gasteiger partial charge on any atom is 0.315 e. The van der Waals surface area contributed by atoms with Gasteiger partial charge in [0.05, 0.1) is 5.92 Å². The fourth-order valence-electron chi connectivity index (χ4n) is 2.53. The number of likely N-dealkylation sites (N-methyl/N-ethyl adjacent to an activating group) is 1. The van der Waals surface area contributed by atoms with Gasteiger partial charge in [-0.3, -0.25) is 9.59 Å². The molecule has 3 amide bonds. The van der Waals surface area contributed by atoms with Crippen LogP contribution in [-0.4, -0.2) is 54.6 Å². The minimum atomic E-state index is -0.800. The summed E-state index contributed by atoms with van der Waals surface area (Å²) >= 11 is 0. The molecule has 20 heavy (non-hydrogen) atoms. The number of carbonyl (C=O) groups excluding carboxylic acids is 2. The van der Waals surface area contributed by atoms with Gasteiger partial charge in [0.25, 0.3) is 0 Å². The Labute approximate surface area is 118 Å². The number of aliphatic carboxylic acids is 1. The maximum absolute atomic E-state index is 11.7. The van der Waals surface area contributed by atoms with Crippen molar-refractivity contribution in [1.82, 2.24) is 15.5 Å². The standard InChI is InChI=1S/C13H23N3O4/c1-8(11(17)16(2)3)15-13(20)14-7-9-5-4-6-10(9)12(18)19/h8-10H,4-7H2,1-3H3,(H,18,19)(H2,14,15,20). The van der Waals surface area contributed by atoms with Crippen molar-refractivity contribution in [2.45, 2.75) is 32.2 Å². The summed E-state index contributed by atoms with van der Waals surface area (Å²) in [6, 6.07) is -1.05. The molecule has 0 radical (unpaired) electrons. The Morgan fingerprint density at radius 2 is 1.95 bits per heavy atom. The first-order valence-corrected chi connectivity index (χ1v) is 6.81. The van der Waals surface area contributed by atoms with Gasteiger partial charge in [0.15, 0.2) is 0 Å². The first-order chi connectivity index (χ1) is 9.32. The normalized spacial score (nSPS) is 22.9. The first kappa shape index (κ1) is 16.3. The summed E-state index contributed by atoms with van der Waals surface area (Å²) in [6.45, 7) is 1.93. The Balaban J connectivity index is 2.36. The molecule has 0 bridgehead atoms. The zero-order valence-electron chi connectivity index (χ0n) is 12.2. The van der Waals surface area contributed by atoms with E-state index in [1.54, 1.807) is 21.0 Å². The number of hydrogen-bond acceptors (Lipinski definition) is 3. The molecule has 0 aromatic carbocycles. The van der Waals surface area contributed by atoms with Crippen LogP contribution in [0.5, 0.6) is 0 Å². The fraction of sp³-hybridized carbons (Fsp3) is 0.769. The Morgan fingerprint density at radius 1 is 1.30 bits per heavy atom. The number of carboxylic acid groups (broad SMARTS) is 1. The topological polar surface area (TPSA) is 98.7 Å². The molecule has 1 aliphatic rings. The van der Waals surface area contributed by atoms with Crippen molar-refractivity contribution in [2.75, 3.05) is 20.6 Å². The zero-order chi connectivity index (χ0) is 15.3. The summed E-state index contributed by atoms with van der Waals surface area (Å²) in [4.78, 5) is 35.7. The summed E-state index contributed by atoms with van der Waals surface area (Å²) in [5.41, 5.74) is 0. The second kappa shape index (κ2) is 7.12. The lowest BCUT2D eigenvalue weighted by atomic mass is 9.96. The minimum Gasteiger partial charge on any atom is -0.481 e. The van der Waals surface area contributed by atoms with Crippen LogP contribution in [0.4, 0.5) is 4.79 Å². The molecule has 0 saturated heterocycles. The zero-order valence-corrected chi connectivity index (χ0v) is 12.2. The third-order valence-corrected chi connectivity index (χ3v) is 3.66. The van der Waals surface area contributed by atoms with E-state index in [1.165, 1.54) is 4.90 Å². The molecule has 1 fully saturated rings. The van der Waals surface area contributed by atoms with E-state index < -0.39 is 18.0 Å².